The van der Waals surface area contributed by atoms with Gasteiger partial charge in [0.25, 0.3) is 0 Å². The predicted molar refractivity (Wildman–Crippen MR) is 121 cm³/mol. The Hall–Kier alpha value is -1.75. The van der Waals surface area contributed by atoms with Crippen molar-refractivity contribution in [2.75, 3.05) is 64.8 Å². The summed E-state index contributed by atoms with van der Waals surface area (Å²) >= 11 is 0. The molecule has 2 heterocycles. The number of hydrogen-bond donors (Lipinski definition) is 2. The summed E-state index contributed by atoms with van der Waals surface area (Å²) in [5.41, 5.74) is 0.905. The number of aliphatic imine (C=N–C) groups is 1. The molecule has 0 unspecified atom stereocenters. The lowest BCUT2D eigenvalue weighted by molar-refractivity contribution is -0.130. The Labute approximate surface area is 183 Å². The first-order chi connectivity index (χ1) is 13.2. The number of amides is 1. The van der Waals surface area contributed by atoms with Crippen molar-refractivity contribution < 1.29 is 14.3 Å². The van der Waals surface area contributed by atoms with Crippen molar-refractivity contribution in [3.8, 4) is 11.5 Å². The molecule has 0 aromatic heterocycles. The standard InChI is InChI=1S/C19H29N5O3.HI/c1-15(25)24-10-8-23(9-11-24)7-6-21-19(20-2)22-16-4-5-17-18(14-16)27-13-3-12-26-17;/h4-5,14H,3,6-13H2,1-2H3,(H2,20,21,22);1H. The topological polar surface area (TPSA) is 78.4 Å². The summed E-state index contributed by atoms with van der Waals surface area (Å²) < 4.78 is 11.4. The highest BCUT2D eigenvalue weighted by Gasteiger charge is 2.18. The molecule has 2 N–H and O–H groups in total. The van der Waals surface area contributed by atoms with E-state index in [1.54, 1.807) is 14.0 Å². The number of hydrogen-bond acceptors (Lipinski definition) is 5. The van der Waals surface area contributed by atoms with Gasteiger partial charge in [-0.1, -0.05) is 0 Å². The molecule has 1 amide bonds. The highest BCUT2D eigenvalue weighted by atomic mass is 127. The minimum Gasteiger partial charge on any atom is -0.490 e. The molecular formula is C19H30IN5O3. The van der Waals surface area contributed by atoms with E-state index in [0.717, 1.165) is 62.9 Å². The largest absolute Gasteiger partial charge is 0.490 e. The lowest BCUT2D eigenvalue weighted by Gasteiger charge is -2.34. The van der Waals surface area contributed by atoms with E-state index in [0.29, 0.717) is 19.2 Å². The van der Waals surface area contributed by atoms with Crippen LogP contribution in [0.15, 0.2) is 23.2 Å². The lowest BCUT2D eigenvalue weighted by Crippen LogP contribution is -2.50. The Kier molecular flexibility index (Phi) is 9.10. The molecule has 0 bridgehead atoms. The maximum atomic E-state index is 11.4. The average molecular weight is 503 g/mol. The number of rotatable bonds is 4. The maximum Gasteiger partial charge on any atom is 0.219 e. The molecule has 2 aliphatic heterocycles. The van der Waals surface area contributed by atoms with Crippen LogP contribution in [0.2, 0.25) is 0 Å². The van der Waals surface area contributed by atoms with Crippen molar-refractivity contribution in [2.45, 2.75) is 13.3 Å². The number of anilines is 1. The zero-order chi connectivity index (χ0) is 19.1. The number of carbonyl (C=O) groups is 1. The summed E-state index contributed by atoms with van der Waals surface area (Å²) in [7, 11) is 1.75. The molecule has 3 rings (SSSR count). The van der Waals surface area contributed by atoms with E-state index in [1.807, 2.05) is 23.1 Å². The molecule has 28 heavy (non-hydrogen) atoms. The molecular weight excluding hydrogens is 473 g/mol. The molecule has 0 saturated carbocycles. The average Bonchev–Trinajstić information content (AvgIpc) is 2.92. The molecule has 8 nitrogen and oxygen atoms in total. The van der Waals surface area contributed by atoms with E-state index in [1.165, 1.54) is 0 Å². The number of fused-ring (bicyclic) bond motifs is 1. The Morgan fingerprint density at radius 2 is 1.86 bits per heavy atom. The van der Waals surface area contributed by atoms with Gasteiger partial charge in [-0.3, -0.25) is 14.7 Å². The van der Waals surface area contributed by atoms with Crippen LogP contribution in [0.3, 0.4) is 0 Å². The molecule has 0 aliphatic carbocycles. The van der Waals surface area contributed by atoms with Gasteiger partial charge in [0, 0.05) is 71.4 Å². The van der Waals surface area contributed by atoms with E-state index in [4.69, 9.17) is 9.47 Å². The normalized spacial score (nSPS) is 17.4. The van der Waals surface area contributed by atoms with Crippen molar-refractivity contribution in [2.24, 2.45) is 4.99 Å². The highest BCUT2D eigenvalue weighted by Crippen LogP contribution is 2.32. The van der Waals surface area contributed by atoms with Crippen molar-refractivity contribution in [3.05, 3.63) is 18.2 Å². The minimum atomic E-state index is 0. The highest BCUT2D eigenvalue weighted by molar-refractivity contribution is 14.0. The van der Waals surface area contributed by atoms with Gasteiger partial charge >= 0.3 is 0 Å². The zero-order valence-electron chi connectivity index (χ0n) is 16.6. The van der Waals surface area contributed by atoms with Crippen LogP contribution in [0.1, 0.15) is 13.3 Å². The fourth-order valence-electron chi connectivity index (χ4n) is 3.18. The summed E-state index contributed by atoms with van der Waals surface area (Å²) in [6, 6.07) is 5.82. The van der Waals surface area contributed by atoms with Crippen LogP contribution in [0.5, 0.6) is 11.5 Å². The smallest absolute Gasteiger partial charge is 0.219 e. The van der Waals surface area contributed by atoms with Crippen LogP contribution in [-0.4, -0.2) is 81.2 Å². The zero-order valence-corrected chi connectivity index (χ0v) is 18.9. The van der Waals surface area contributed by atoms with Gasteiger partial charge in [-0.25, -0.2) is 0 Å². The number of guanidine groups is 1. The van der Waals surface area contributed by atoms with Gasteiger partial charge in [-0.05, 0) is 12.1 Å². The van der Waals surface area contributed by atoms with Gasteiger partial charge in [0.1, 0.15) is 0 Å². The third kappa shape index (κ3) is 6.40. The number of piperazine rings is 1. The molecule has 1 aromatic rings. The van der Waals surface area contributed by atoms with E-state index >= 15 is 0 Å². The van der Waals surface area contributed by atoms with Crippen LogP contribution in [0.4, 0.5) is 5.69 Å². The summed E-state index contributed by atoms with van der Waals surface area (Å²) in [6.07, 6.45) is 0.890. The van der Waals surface area contributed by atoms with Crippen LogP contribution < -0.4 is 20.1 Å². The Morgan fingerprint density at radius 3 is 2.54 bits per heavy atom. The molecule has 9 heteroatoms. The summed E-state index contributed by atoms with van der Waals surface area (Å²) in [6.45, 7) is 8.11. The van der Waals surface area contributed by atoms with Gasteiger partial charge < -0.3 is 25.0 Å². The number of nitrogens with zero attached hydrogens (tertiary/aromatic N) is 3. The molecule has 1 fully saturated rings. The van der Waals surface area contributed by atoms with Gasteiger partial charge in [0.2, 0.25) is 5.91 Å². The molecule has 0 radical (unpaired) electrons. The third-order valence-electron chi connectivity index (χ3n) is 4.77. The first-order valence-electron chi connectivity index (χ1n) is 9.51. The lowest BCUT2D eigenvalue weighted by atomic mass is 10.2. The Balaban J connectivity index is 0.00000280. The van der Waals surface area contributed by atoms with Crippen molar-refractivity contribution in [1.82, 2.24) is 15.1 Å². The molecule has 0 spiro atoms. The first-order valence-corrected chi connectivity index (χ1v) is 9.51. The van der Waals surface area contributed by atoms with Gasteiger partial charge in [-0.2, -0.15) is 0 Å². The van der Waals surface area contributed by atoms with Crippen LogP contribution in [0.25, 0.3) is 0 Å². The summed E-state index contributed by atoms with van der Waals surface area (Å²) in [5, 5.41) is 6.63. The van der Waals surface area contributed by atoms with Gasteiger partial charge in [-0.15, -0.1) is 24.0 Å². The van der Waals surface area contributed by atoms with Crippen molar-refractivity contribution >= 4 is 41.5 Å². The molecule has 156 valence electrons. The van der Waals surface area contributed by atoms with Gasteiger partial charge in [0.15, 0.2) is 17.5 Å². The fraction of sp³-hybridized carbons (Fsp3) is 0.579. The minimum absolute atomic E-state index is 0. The first kappa shape index (κ1) is 22.5. The second-order valence-electron chi connectivity index (χ2n) is 6.68. The van der Waals surface area contributed by atoms with E-state index < -0.39 is 0 Å². The Bertz CT molecular complexity index is 678. The van der Waals surface area contributed by atoms with Gasteiger partial charge in [0.05, 0.1) is 13.2 Å². The van der Waals surface area contributed by atoms with Crippen LogP contribution in [0, 0.1) is 0 Å². The molecule has 1 aromatic carbocycles. The summed E-state index contributed by atoms with van der Waals surface area (Å²) in [5.74, 6) is 2.42. The molecule has 2 aliphatic rings. The number of carbonyl (C=O) groups excluding carboxylic acids is 1. The summed E-state index contributed by atoms with van der Waals surface area (Å²) in [4.78, 5) is 19.9. The van der Waals surface area contributed by atoms with Crippen molar-refractivity contribution in [1.29, 1.82) is 0 Å². The van der Waals surface area contributed by atoms with Crippen LogP contribution >= 0.6 is 24.0 Å². The monoisotopic (exact) mass is 503 g/mol. The maximum absolute atomic E-state index is 11.4. The Morgan fingerprint density at radius 1 is 1.14 bits per heavy atom. The van der Waals surface area contributed by atoms with E-state index in [9.17, 15) is 4.79 Å². The number of ether oxygens (including phenoxy) is 2. The second-order valence-corrected chi connectivity index (χ2v) is 6.68. The fourth-order valence-corrected chi connectivity index (χ4v) is 3.18. The number of nitrogens with one attached hydrogen (secondary N) is 2. The van der Waals surface area contributed by atoms with Crippen molar-refractivity contribution in [3.63, 3.8) is 0 Å². The van der Waals surface area contributed by atoms with E-state index in [-0.39, 0.29) is 29.9 Å². The number of benzene rings is 1. The SMILES string of the molecule is CN=C(NCCN1CCN(C(C)=O)CC1)Nc1ccc2c(c1)OCCCO2.I. The van der Waals surface area contributed by atoms with Crippen LogP contribution in [-0.2, 0) is 4.79 Å². The number of halogens is 1. The third-order valence-corrected chi connectivity index (χ3v) is 4.77. The second kappa shape index (κ2) is 11.3. The van der Waals surface area contributed by atoms with E-state index in [2.05, 4.69) is 20.5 Å². The quantitative estimate of drug-likeness (QED) is 0.370. The predicted octanol–water partition coefficient (Wildman–Crippen LogP) is 1.62. The molecule has 0 atom stereocenters. The molecule has 1 saturated heterocycles.